The van der Waals surface area contributed by atoms with Crippen LogP contribution in [0.4, 0.5) is 5.69 Å². The molecule has 0 saturated carbocycles. The number of benzene rings is 2. The number of amides is 2. The molecule has 1 aliphatic heterocycles. The highest BCUT2D eigenvalue weighted by atomic mass is 16.2. The first-order valence-corrected chi connectivity index (χ1v) is 7.72. The van der Waals surface area contributed by atoms with Gasteiger partial charge >= 0.3 is 0 Å². The molecule has 2 aromatic rings. The summed E-state index contributed by atoms with van der Waals surface area (Å²) in [6.07, 6.45) is 2.46. The number of hydrogen-bond acceptors (Lipinski definition) is 2. The zero-order valence-electron chi connectivity index (χ0n) is 12.6. The number of anilines is 1. The molecule has 1 heterocycles. The Morgan fingerprint density at radius 2 is 1.95 bits per heavy atom. The topological polar surface area (TPSA) is 49.4 Å². The molecule has 1 atom stereocenters. The van der Waals surface area contributed by atoms with Gasteiger partial charge in [0.15, 0.2) is 0 Å². The van der Waals surface area contributed by atoms with Crippen molar-refractivity contribution in [1.29, 1.82) is 0 Å². The molecular formula is C18H18N2O2. The van der Waals surface area contributed by atoms with Crippen LogP contribution in [0.5, 0.6) is 0 Å². The van der Waals surface area contributed by atoms with Gasteiger partial charge in [-0.3, -0.25) is 9.59 Å². The fraction of sp³-hybridized carbons (Fsp3) is 0.333. The van der Waals surface area contributed by atoms with Gasteiger partial charge in [0.05, 0.1) is 5.92 Å². The number of hydrogen-bond donors (Lipinski definition) is 1. The van der Waals surface area contributed by atoms with E-state index in [9.17, 15) is 9.59 Å². The van der Waals surface area contributed by atoms with Gasteiger partial charge in [0.2, 0.25) is 11.8 Å². The molecule has 4 rings (SSSR count). The minimum atomic E-state index is -0.250. The van der Waals surface area contributed by atoms with Crippen LogP contribution < -0.4 is 5.32 Å². The van der Waals surface area contributed by atoms with Crippen LogP contribution in [0, 0.1) is 5.92 Å². The normalized spacial score (nSPS) is 20.0. The highest BCUT2D eigenvalue weighted by Gasteiger charge is 2.32. The maximum Gasteiger partial charge on any atom is 0.229 e. The van der Waals surface area contributed by atoms with Crippen molar-refractivity contribution in [2.24, 2.45) is 5.92 Å². The lowest BCUT2D eigenvalue weighted by molar-refractivity contribution is -0.127. The third kappa shape index (κ3) is 1.98. The van der Waals surface area contributed by atoms with Crippen molar-refractivity contribution in [3.05, 3.63) is 41.5 Å². The standard InChI is InChI=1S/C18H18N2O2/c1-20-10-13(9-16(20)21)18(22)19-15-8-7-12-6-5-11-3-2-4-14(15)17(11)12/h2-4,7-8,13H,5-6,9-10H2,1H3,(H,19,22)/t13-/m1/s1. The first-order valence-electron chi connectivity index (χ1n) is 7.72. The van der Waals surface area contributed by atoms with Crippen LogP contribution in [-0.2, 0) is 22.4 Å². The minimum absolute atomic E-state index is 0.0422. The number of nitrogens with one attached hydrogen (secondary N) is 1. The number of likely N-dealkylation sites (tertiary alicyclic amines) is 1. The summed E-state index contributed by atoms with van der Waals surface area (Å²) in [5.74, 6) is -0.266. The molecular weight excluding hydrogens is 276 g/mol. The zero-order chi connectivity index (χ0) is 15.3. The van der Waals surface area contributed by atoms with Crippen molar-refractivity contribution in [2.45, 2.75) is 19.3 Å². The van der Waals surface area contributed by atoms with Gasteiger partial charge in [-0.1, -0.05) is 24.3 Å². The average molecular weight is 294 g/mol. The first kappa shape index (κ1) is 13.3. The van der Waals surface area contributed by atoms with E-state index in [-0.39, 0.29) is 17.7 Å². The van der Waals surface area contributed by atoms with E-state index in [2.05, 4.69) is 29.6 Å². The van der Waals surface area contributed by atoms with Crippen molar-refractivity contribution >= 4 is 28.3 Å². The summed E-state index contributed by atoms with van der Waals surface area (Å²) in [7, 11) is 1.74. The van der Waals surface area contributed by atoms with E-state index in [1.54, 1.807) is 11.9 Å². The van der Waals surface area contributed by atoms with E-state index in [4.69, 9.17) is 0 Å². The number of carbonyl (C=O) groups excluding carboxylic acids is 2. The van der Waals surface area contributed by atoms with Gasteiger partial charge in [-0.15, -0.1) is 0 Å². The van der Waals surface area contributed by atoms with Gasteiger partial charge in [0.25, 0.3) is 0 Å². The Hall–Kier alpha value is -2.36. The Kier molecular flexibility index (Phi) is 2.93. The Labute approximate surface area is 129 Å². The summed E-state index contributed by atoms with van der Waals surface area (Å²) in [5.41, 5.74) is 3.58. The lowest BCUT2D eigenvalue weighted by Crippen LogP contribution is -2.25. The summed E-state index contributed by atoms with van der Waals surface area (Å²) in [4.78, 5) is 25.7. The van der Waals surface area contributed by atoms with E-state index in [0.717, 1.165) is 23.9 Å². The lowest BCUT2D eigenvalue weighted by Gasteiger charge is -2.13. The maximum absolute atomic E-state index is 12.4. The number of carbonyl (C=O) groups is 2. The third-order valence-electron chi connectivity index (χ3n) is 4.85. The van der Waals surface area contributed by atoms with Crippen molar-refractivity contribution in [3.8, 4) is 0 Å². The van der Waals surface area contributed by atoms with Crippen LogP contribution >= 0.6 is 0 Å². The molecule has 1 N–H and O–H groups in total. The molecule has 2 aromatic carbocycles. The lowest BCUT2D eigenvalue weighted by atomic mass is 10.0. The van der Waals surface area contributed by atoms with Gasteiger partial charge in [-0.2, -0.15) is 0 Å². The van der Waals surface area contributed by atoms with Crippen molar-refractivity contribution in [2.75, 3.05) is 18.9 Å². The molecule has 22 heavy (non-hydrogen) atoms. The second-order valence-electron chi connectivity index (χ2n) is 6.28. The Bertz CT molecular complexity index is 787. The number of rotatable bonds is 2. The van der Waals surface area contributed by atoms with Crippen LogP contribution in [0.1, 0.15) is 17.5 Å². The summed E-state index contributed by atoms with van der Waals surface area (Å²) in [6, 6.07) is 10.4. The van der Waals surface area contributed by atoms with Crippen LogP contribution in [0.2, 0.25) is 0 Å². The molecule has 2 amide bonds. The fourth-order valence-electron chi connectivity index (χ4n) is 3.63. The van der Waals surface area contributed by atoms with Gasteiger partial charge in [0, 0.05) is 31.1 Å². The monoisotopic (exact) mass is 294 g/mol. The van der Waals surface area contributed by atoms with Gasteiger partial charge in [0.1, 0.15) is 0 Å². The summed E-state index contributed by atoms with van der Waals surface area (Å²) in [5, 5.41) is 5.43. The predicted octanol–water partition coefficient (Wildman–Crippen LogP) is 2.36. The minimum Gasteiger partial charge on any atom is -0.345 e. The largest absolute Gasteiger partial charge is 0.345 e. The second kappa shape index (κ2) is 4.83. The van der Waals surface area contributed by atoms with E-state index >= 15 is 0 Å². The molecule has 0 spiro atoms. The fourth-order valence-corrected chi connectivity index (χ4v) is 3.63. The van der Waals surface area contributed by atoms with Crippen molar-refractivity contribution < 1.29 is 9.59 Å². The van der Waals surface area contributed by atoms with Crippen LogP contribution in [0.15, 0.2) is 30.3 Å². The molecule has 2 aliphatic rings. The number of nitrogens with zero attached hydrogens (tertiary/aromatic N) is 1. The van der Waals surface area contributed by atoms with Crippen molar-refractivity contribution in [3.63, 3.8) is 0 Å². The Morgan fingerprint density at radius 1 is 1.18 bits per heavy atom. The zero-order valence-corrected chi connectivity index (χ0v) is 12.6. The summed E-state index contributed by atoms with van der Waals surface area (Å²) in [6.45, 7) is 0.506. The van der Waals surface area contributed by atoms with Crippen LogP contribution in [0.3, 0.4) is 0 Å². The smallest absolute Gasteiger partial charge is 0.229 e. The maximum atomic E-state index is 12.4. The number of aryl methyl sites for hydroxylation is 2. The molecule has 4 heteroatoms. The molecule has 1 saturated heterocycles. The Balaban J connectivity index is 1.66. The van der Waals surface area contributed by atoms with Gasteiger partial charge in [-0.05, 0) is 35.4 Å². The first-order chi connectivity index (χ1) is 10.6. The van der Waals surface area contributed by atoms with E-state index < -0.39 is 0 Å². The average Bonchev–Trinajstić information content (AvgIpc) is 3.08. The molecule has 0 bridgehead atoms. The molecule has 112 valence electrons. The third-order valence-corrected chi connectivity index (χ3v) is 4.85. The molecule has 4 nitrogen and oxygen atoms in total. The molecule has 0 radical (unpaired) electrons. The van der Waals surface area contributed by atoms with Crippen LogP contribution in [0.25, 0.3) is 10.8 Å². The highest BCUT2D eigenvalue weighted by molar-refractivity contribution is 6.06. The molecule has 0 unspecified atom stereocenters. The van der Waals surface area contributed by atoms with E-state index in [1.807, 2.05) is 6.07 Å². The van der Waals surface area contributed by atoms with Crippen LogP contribution in [-0.4, -0.2) is 30.3 Å². The highest BCUT2D eigenvalue weighted by Crippen LogP contribution is 2.35. The van der Waals surface area contributed by atoms with Gasteiger partial charge < -0.3 is 10.2 Å². The Morgan fingerprint density at radius 3 is 2.68 bits per heavy atom. The van der Waals surface area contributed by atoms with E-state index in [1.165, 1.54) is 16.5 Å². The molecule has 0 aromatic heterocycles. The predicted molar refractivity (Wildman–Crippen MR) is 85.7 cm³/mol. The van der Waals surface area contributed by atoms with E-state index in [0.29, 0.717) is 13.0 Å². The summed E-state index contributed by atoms with van der Waals surface area (Å²) >= 11 is 0. The quantitative estimate of drug-likeness (QED) is 0.924. The summed E-state index contributed by atoms with van der Waals surface area (Å²) < 4.78 is 0. The SMILES string of the molecule is CN1C[C@H](C(=O)Nc2ccc3c4c(cccc24)CC3)CC1=O. The second-order valence-corrected chi connectivity index (χ2v) is 6.28. The van der Waals surface area contributed by atoms with Crippen molar-refractivity contribution in [1.82, 2.24) is 4.90 Å². The molecule has 1 aliphatic carbocycles. The molecule has 1 fully saturated rings. The van der Waals surface area contributed by atoms with Gasteiger partial charge in [-0.25, -0.2) is 0 Å².